The highest BCUT2D eigenvalue weighted by Crippen LogP contribution is 2.17. The smallest absolute Gasteiger partial charge is 0.259 e. The zero-order valence-electron chi connectivity index (χ0n) is 10.3. The molecule has 0 bridgehead atoms. The van der Waals surface area contributed by atoms with E-state index in [2.05, 4.69) is 20.3 Å². The number of aromatic nitrogens is 3. The van der Waals surface area contributed by atoms with Crippen LogP contribution in [0.1, 0.15) is 16.2 Å². The first kappa shape index (κ1) is 11.4. The largest absolute Gasteiger partial charge is 0.342 e. The summed E-state index contributed by atoms with van der Waals surface area (Å²) in [5.41, 5.74) is 2.06. The Kier molecular flexibility index (Phi) is 2.72. The molecule has 2 aromatic heterocycles. The van der Waals surface area contributed by atoms with Gasteiger partial charge < -0.3 is 10.3 Å². The van der Waals surface area contributed by atoms with Crippen LogP contribution in [0.15, 0.2) is 42.6 Å². The molecule has 0 aliphatic heterocycles. The van der Waals surface area contributed by atoms with Gasteiger partial charge in [0.1, 0.15) is 17.2 Å². The number of H-pyrrole nitrogens is 1. The number of hydrogen-bond donors (Lipinski definition) is 2. The second-order valence-corrected chi connectivity index (χ2v) is 4.19. The lowest BCUT2D eigenvalue weighted by molar-refractivity contribution is 0.102. The number of imidazole rings is 1. The minimum Gasteiger partial charge on any atom is -0.342 e. The average Bonchev–Trinajstić information content (AvgIpc) is 2.79. The van der Waals surface area contributed by atoms with E-state index in [0.29, 0.717) is 16.9 Å². The zero-order valence-corrected chi connectivity index (χ0v) is 10.3. The summed E-state index contributed by atoms with van der Waals surface area (Å²) in [5.74, 6) is 1.10. The molecule has 0 saturated carbocycles. The van der Waals surface area contributed by atoms with Gasteiger partial charge in [0, 0.05) is 6.20 Å². The van der Waals surface area contributed by atoms with Crippen molar-refractivity contribution in [1.82, 2.24) is 15.0 Å². The molecule has 1 aromatic carbocycles. The molecule has 0 saturated heterocycles. The first-order valence-corrected chi connectivity index (χ1v) is 5.92. The molecule has 0 radical (unpaired) electrons. The summed E-state index contributed by atoms with van der Waals surface area (Å²) in [4.78, 5) is 23.8. The number of benzene rings is 1. The van der Waals surface area contributed by atoms with Gasteiger partial charge in [0.25, 0.3) is 5.91 Å². The molecule has 0 spiro atoms. The van der Waals surface area contributed by atoms with E-state index in [-0.39, 0.29) is 5.91 Å². The fourth-order valence-corrected chi connectivity index (χ4v) is 1.96. The molecule has 2 N–H and O–H groups in total. The minimum absolute atomic E-state index is 0.212. The summed E-state index contributed by atoms with van der Waals surface area (Å²) in [5, 5.41) is 2.76. The van der Waals surface area contributed by atoms with E-state index in [1.165, 1.54) is 0 Å². The number of aromatic amines is 1. The average molecular weight is 252 g/mol. The van der Waals surface area contributed by atoms with E-state index in [1.54, 1.807) is 24.4 Å². The van der Waals surface area contributed by atoms with Gasteiger partial charge in [0.05, 0.1) is 11.1 Å². The van der Waals surface area contributed by atoms with Crippen molar-refractivity contribution in [3.63, 3.8) is 0 Å². The predicted octanol–water partition coefficient (Wildman–Crippen LogP) is 2.52. The van der Waals surface area contributed by atoms with Crippen LogP contribution >= 0.6 is 0 Å². The third-order valence-electron chi connectivity index (χ3n) is 2.78. The summed E-state index contributed by atoms with van der Waals surface area (Å²) < 4.78 is 0. The monoisotopic (exact) mass is 252 g/mol. The summed E-state index contributed by atoms with van der Waals surface area (Å²) in [7, 11) is 0. The summed E-state index contributed by atoms with van der Waals surface area (Å²) in [6.07, 6.45) is 1.63. The van der Waals surface area contributed by atoms with Crippen LogP contribution in [0.4, 0.5) is 5.82 Å². The molecule has 0 fully saturated rings. The maximum absolute atomic E-state index is 12.2. The molecule has 0 atom stereocenters. The number of anilines is 1. The number of carbonyl (C=O) groups is 1. The molecule has 94 valence electrons. The fraction of sp³-hybridized carbons (Fsp3) is 0.0714. The van der Waals surface area contributed by atoms with Crippen molar-refractivity contribution in [2.24, 2.45) is 0 Å². The van der Waals surface area contributed by atoms with Crippen molar-refractivity contribution in [3.8, 4) is 0 Å². The Morgan fingerprint density at radius 3 is 2.89 bits per heavy atom. The summed E-state index contributed by atoms with van der Waals surface area (Å²) in [6, 6.07) is 10.8. The Morgan fingerprint density at radius 2 is 2.11 bits per heavy atom. The molecule has 0 unspecified atom stereocenters. The highest BCUT2D eigenvalue weighted by Gasteiger charge is 2.13. The van der Waals surface area contributed by atoms with Crippen LogP contribution < -0.4 is 5.32 Å². The SMILES string of the molecule is Cc1nc2c(C(=O)Nc3ccccn3)cccc2[nH]1. The molecule has 0 aliphatic rings. The van der Waals surface area contributed by atoms with Crippen LogP contribution in [0, 0.1) is 6.92 Å². The van der Waals surface area contributed by atoms with E-state index in [9.17, 15) is 4.79 Å². The highest BCUT2D eigenvalue weighted by molar-refractivity contribution is 6.11. The Morgan fingerprint density at radius 1 is 1.21 bits per heavy atom. The number of nitrogens with zero attached hydrogens (tertiary/aromatic N) is 2. The lowest BCUT2D eigenvalue weighted by atomic mass is 10.1. The maximum Gasteiger partial charge on any atom is 0.259 e. The van der Waals surface area contributed by atoms with Crippen molar-refractivity contribution in [2.75, 3.05) is 5.32 Å². The third-order valence-corrected chi connectivity index (χ3v) is 2.78. The number of amides is 1. The summed E-state index contributed by atoms with van der Waals surface area (Å²) in [6.45, 7) is 1.86. The number of aryl methyl sites for hydroxylation is 1. The highest BCUT2D eigenvalue weighted by atomic mass is 16.1. The Balaban J connectivity index is 1.98. The van der Waals surface area contributed by atoms with Crippen molar-refractivity contribution < 1.29 is 4.79 Å². The van der Waals surface area contributed by atoms with Gasteiger partial charge in [0.2, 0.25) is 0 Å². The van der Waals surface area contributed by atoms with Crippen LogP contribution in [-0.4, -0.2) is 20.9 Å². The molecule has 0 aliphatic carbocycles. The first-order chi connectivity index (χ1) is 9.24. The molecular formula is C14H12N4O. The molecule has 2 heterocycles. The van der Waals surface area contributed by atoms with Crippen LogP contribution in [-0.2, 0) is 0 Å². The molecule has 3 rings (SSSR count). The van der Waals surface area contributed by atoms with Gasteiger partial charge in [-0.1, -0.05) is 12.1 Å². The van der Waals surface area contributed by atoms with E-state index < -0.39 is 0 Å². The van der Waals surface area contributed by atoms with E-state index in [1.807, 2.05) is 25.1 Å². The standard InChI is InChI=1S/C14H12N4O/c1-9-16-11-6-4-5-10(13(11)17-9)14(19)18-12-7-2-3-8-15-12/h2-8H,1H3,(H,16,17)(H,15,18,19). The van der Waals surface area contributed by atoms with Gasteiger partial charge in [-0.15, -0.1) is 0 Å². The quantitative estimate of drug-likeness (QED) is 0.736. The Hall–Kier alpha value is -2.69. The molecule has 1 amide bonds. The second kappa shape index (κ2) is 4.53. The van der Waals surface area contributed by atoms with Gasteiger partial charge in [-0.2, -0.15) is 0 Å². The Labute approximate surface area is 109 Å². The predicted molar refractivity (Wildman–Crippen MR) is 73.0 cm³/mol. The minimum atomic E-state index is -0.212. The third kappa shape index (κ3) is 2.18. The van der Waals surface area contributed by atoms with Crippen molar-refractivity contribution in [2.45, 2.75) is 6.92 Å². The van der Waals surface area contributed by atoms with Crippen LogP contribution in [0.25, 0.3) is 11.0 Å². The van der Waals surface area contributed by atoms with Crippen LogP contribution in [0.3, 0.4) is 0 Å². The number of nitrogens with one attached hydrogen (secondary N) is 2. The number of hydrogen-bond acceptors (Lipinski definition) is 3. The summed E-state index contributed by atoms with van der Waals surface area (Å²) >= 11 is 0. The van der Waals surface area contributed by atoms with Crippen LogP contribution in [0.5, 0.6) is 0 Å². The number of para-hydroxylation sites is 1. The van der Waals surface area contributed by atoms with Gasteiger partial charge in [-0.3, -0.25) is 4.79 Å². The van der Waals surface area contributed by atoms with E-state index in [4.69, 9.17) is 0 Å². The zero-order chi connectivity index (χ0) is 13.2. The van der Waals surface area contributed by atoms with E-state index in [0.717, 1.165) is 11.3 Å². The van der Waals surface area contributed by atoms with E-state index >= 15 is 0 Å². The first-order valence-electron chi connectivity index (χ1n) is 5.92. The number of carbonyl (C=O) groups excluding carboxylic acids is 1. The number of rotatable bonds is 2. The number of fused-ring (bicyclic) bond motifs is 1. The lowest BCUT2D eigenvalue weighted by Gasteiger charge is -2.04. The van der Waals surface area contributed by atoms with Gasteiger partial charge in [-0.25, -0.2) is 9.97 Å². The molecule has 5 nitrogen and oxygen atoms in total. The topological polar surface area (TPSA) is 70.7 Å². The fourth-order valence-electron chi connectivity index (χ4n) is 1.96. The molecule has 5 heteroatoms. The van der Waals surface area contributed by atoms with Gasteiger partial charge in [-0.05, 0) is 31.2 Å². The maximum atomic E-state index is 12.2. The second-order valence-electron chi connectivity index (χ2n) is 4.19. The number of pyridine rings is 1. The Bertz CT molecular complexity index is 734. The van der Waals surface area contributed by atoms with Gasteiger partial charge >= 0.3 is 0 Å². The van der Waals surface area contributed by atoms with Crippen molar-refractivity contribution in [1.29, 1.82) is 0 Å². The van der Waals surface area contributed by atoms with Crippen molar-refractivity contribution in [3.05, 3.63) is 54.0 Å². The van der Waals surface area contributed by atoms with Gasteiger partial charge in [0.15, 0.2) is 0 Å². The molecular weight excluding hydrogens is 240 g/mol. The molecule has 3 aromatic rings. The normalized spacial score (nSPS) is 10.6. The lowest BCUT2D eigenvalue weighted by Crippen LogP contribution is -2.13. The van der Waals surface area contributed by atoms with Crippen LogP contribution in [0.2, 0.25) is 0 Å². The molecule has 19 heavy (non-hydrogen) atoms. The van der Waals surface area contributed by atoms with Crippen molar-refractivity contribution >= 4 is 22.8 Å².